The van der Waals surface area contributed by atoms with Gasteiger partial charge in [0, 0.05) is 11.6 Å². The zero-order chi connectivity index (χ0) is 15.9. The summed E-state index contributed by atoms with van der Waals surface area (Å²) in [6.45, 7) is 0.707. The van der Waals surface area contributed by atoms with Crippen LogP contribution in [-0.4, -0.2) is 23.7 Å². The molecular weight excluding hydrogens is 306 g/mol. The fraction of sp³-hybridized carbons (Fsp3) is 0.500. The Labute approximate surface area is 134 Å². The van der Waals surface area contributed by atoms with Gasteiger partial charge < -0.3 is 15.2 Å². The summed E-state index contributed by atoms with van der Waals surface area (Å²) in [6.07, 6.45) is 2.55. The van der Waals surface area contributed by atoms with Gasteiger partial charge in [-0.15, -0.1) is 0 Å². The number of rotatable bonds is 5. The molecule has 0 atom stereocenters. The zero-order valence-electron chi connectivity index (χ0n) is 12.3. The normalized spacial score (nSPS) is 21.1. The second-order valence-corrected chi connectivity index (χ2v) is 6.08. The molecule has 5 nitrogen and oxygen atoms in total. The van der Waals surface area contributed by atoms with Crippen LogP contribution in [0.15, 0.2) is 24.3 Å². The van der Waals surface area contributed by atoms with Crippen molar-refractivity contribution in [3.63, 3.8) is 0 Å². The van der Waals surface area contributed by atoms with E-state index in [0.717, 1.165) is 18.4 Å². The molecule has 1 saturated carbocycles. The highest BCUT2D eigenvalue weighted by Gasteiger charge is 2.26. The van der Waals surface area contributed by atoms with Crippen molar-refractivity contribution in [3.05, 3.63) is 34.9 Å². The summed E-state index contributed by atoms with van der Waals surface area (Å²) >= 11 is 5.86. The largest absolute Gasteiger partial charge is 0.481 e. The number of carboxylic acid groups (broad SMARTS) is 1. The van der Waals surface area contributed by atoms with Gasteiger partial charge in [0.25, 0.3) is 0 Å². The van der Waals surface area contributed by atoms with Crippen molar-refractivity contribution in [1.82, 2.24) is 5.32 Å². The Morgan fingerprint density at radius 2 is 2.00 bits per heavy atom. The molecule has 1 fully saturated rings. The topological polar surface area (TPSA) is 75.6 Å². The average molecular weight is 326 g/mol. The molecule has 1 aromatic carbocycles. The molecule has 0 bridgehead atoms. The second-order valence-electron chi connectivity index (χ2n) is 5.64. The summed E-state index contributed by atoms with van der Waals surface area (Å²) in [6, 6.07) is 7.16. The minimum atomic E-state index is -0.715. The highest BCUT2D eigenvalue weighted by Crippen LogP contribution is 2.28. The molecular formula is C16H20ClNO4. The summed E-state index contributed by atoms with van der Waals surface area (Å²) in [5.41, 5.74) is 0.838. The van der Waals surface area contributed by atoms with Gasteiger partial charge in [0.15, 0.2) is 0 Å². The van der Waals surface area contributed by atoms with E-state index in [9.17, 15) is 9.59 Å². The van der Waals surface area contributed by atoms with Gasteiger partial charge >= 0.3 is 12.1 Å². The summed E-state index contributed by atoms with van der Waals surface area (Å²) < 4.78 is 5.13. The van der Waals surface area contributed by atoms with Gasteiger partial charge in [-0.05, 0) is 49.3 Å². The molecule has 0 spiro atoms. The monoisotopic (exact) mass is 325 g/mol. The molecule has 0 aromatic heterocycles. The van der Waals surface area contributed by atoms with E-state index >= 15 is 0 Å². The van der Waals surface area contributed by atoms with Crippen LogP contribution < -0.4 is 5.32 Å². The average Bonchev–Trinajstić information content (AvgIpc) is 2.51. The lowest BCUT2D eigenvalue weighted by Crippen LogP contribution is -2.32. The predicted molar refractivity (Wildman–Crippen MR) is 82.7 cm³/mol. The Kier molecular flexibility index (Phi) is 6.07. The van der Waals surface area contributed by atoms with Crippen LogP contribution in [0.1, 0.15) is 31.2 Å². The molecule has 22 heavy (non-hydrogen) atoms. The highest BCUT2D eigenvalue weighted by atomic mass is 35.5. The lowest BCUT2D eigenvalue weighted by Gasteiger charge is -2.25. The molecule has 2 rings (SSSR count). The number of carbonyl (C=O) groups is 2. The number of hydrogen-bond acceptors (Lipinski definition) is 3. The van der Waals surface area contributed by atoms with E-state index in [0.29, 0.717) is 30.3 Å². The minimum absolute atomic E-state index is 0.179. The number of benzene rings is 1. The van der Waals surface area contributed by atoms with Gasteiger partial charge in [0.1, 0.15) is 6.61 Å². The molecule has 0 heterocycles. The Morgan fingerprint density at radius 1 is 1.27 bits per heavy atom. The smallest absolute Gasteiger partial charge is 0.407 e. The predicted octanol–water partition coefficient (Wildman–Crippen LogP) is 3.46. The third-order valence-electron chi connectivity index (χ3n) is 3.99. The van der Waals surface area contributed by atoms with Crippen LogP contribution in [0.25, 0.3) is 0 Å². The van der Waals surface area contributed by atoms with E-state index in [1.54, 1.807) is 18.2 Å². The van der Waals surface area contributed by atoms with Gasteiger partial charge in [-0.1, -0.05) is 23.7 Å². The number of halogens is 1. The van der Waals surface area contributed by atoms with Crippen LogP contribution in [-0.2, 0) is 16.1 Å². The first kappa shape index (κ1) is 16.6. The SMILES string of the molecule is O=C(NC[C@H]1CC[C@H](C(=O)O)CC1)OCc1cccc(Cl)c1. The van der Waals surface area contributed by atoms with Crippen LogP contribution in [0.2, 0.25) is 5.02 Å². The first-order valence-corrected chi connectivity index (χ1v) is 7.80. The molecule has 0 aliphatic heterocycles. The maximum absolute atomic E-state index is 11.7. The van der Waals surface area contributed by atoms with E-state index in [4.69, 9.17) is 21.4 Å². The van der Waals surface area contributed by atoms with Crippen LogP contribution >= 0.6 is 11.6 Å². The van der Waals surface area contributed by atoms with Gasteiger partial charge in [-0.3, -0.25) is 4.79 Å². The number of carbonyl (C=O) groups excluding carboxylic acids is 1. The molecule has 0 saturated heterocycles. The highest BCUT2D eigenvalue weighted by molar-refractivity contribution is 6.30. The summed E-state index contributed by atoms with van der Waals surface area (Å²) in [7, 11) is 0. The second kappa shape index (κ2) is 8.03. The fourth-order valence-corrected chi connectivity index (χ4v) is 2.88. The van der Waals surface area contributed by atoms with Gasteiger partial charge in [0.2, 0.25) is 0 Å². The number of alkyl carbamates (subject to hydrolysis) is 1. The maximum atomic E-state index is 11.7. The first-order chi connectivity index (χ1) is 10.5. The molecule has 2 N–H and O–H groups in total. The van der Waals surface area contributed by atoms with Crippen molar-refractivity contribution in [3.8, 4) is 0 Å². The van der Waals surface area contributed by atoms with Crippen molar-refractivity contribution < 1.29 is 19.4 Å². The summed E-state index contributed by atoms with van der Waals surface area (Å²) in [5.74, 6) is -0.618. The molecule has 0 unspecified atom stereocenters. The number of carboxylic acids is 1. The van der Waals surface area contributed by atoms with Crippen molar-refractivity contribution in [2.24, 2.45) is 11.8 Å². The summed E-state index contributed by atoms with van der Waals surface area (Å²) in [5, 5.41) is 12.3. The maximum Gasteiger partial charge on any atom is 0.407 e. The Bertz CT molecular complexity index is 527. The third-order valence-corrected chi connectivity index (χ3v) is 4.23. The number of ether oxygens (including phenoxy) is 1. The van der Waals surface area contributed by atoms with E-state index in [1.165, 1.54) is 0 Å². The molecule has 6 heteroatoms. The van der Waals surface area contributed by atoms with Crippen molar-refractivity contribution in [2.45, 2.75) is 32.3 Å². The number of amides is 1. The van der Waals surface area contributed by atoms with Crippen molar-refractivity contribution in [1.29, 1.82) is 0 Å². The molecule has 0 radical (unpaired) electrons. The van der Waals surface area contributed by atoms with Crippen LogP contribution in [0, 0.1) is 11.8 Å². The lowest BCUT2D eigenvalue weighted by atomic mass is 9.82. The van der Waals surface area contributed by atoms with E-state index in [-0.39, 0.29) is 12.5 Å². The summed E-state index contributed by atoms with van der Waals surface area (Å²) in [4.78, 5) is 22.5. The van der Waals surface area contributed by atoms with Crippen LogP contribution in [0.3, 0.4) is 0 Å². The van der Waals surface area contributed by atoms with Gasteiger partial charge in [-0.2, -0.15) is 0 Å². The van der Waals surface area contributed by atoms with Crippen molar-refractivity contribution >= 4 is 23.7 Å². The quantitative estimate of drug-likeness (QED) is 0.869. The van der Waals surface area contributed by atoms with E-state index < -0.39 is 12.1 Å². The Hall–Kier alpha value is -1.75. The minimum Gasteiger partial charge on any atom is -0.481 e. The molecule has 1 amide bonds. The molecule has 1 aliphatic rings. The van der Waals surface area contributed by atoms with Gasteiger partial charge in [0.05, 0.1) is 5.92 Å². The Morgan fingerprint density at radius 3 is 2.64 bits per heavy atom. The molecule has 120 valence electrons. The number of nitrogens with one attached hydrogen (secondary N) is 1. The van der Waals surface area contributed by atoms with Crippen molar-refractivity contribution in [2.75, 3.05) is 6.54 Å². The standard InChI is InChI=1S/C16H20ClNO4/c17-14-3-1-2-12(8-14)10-22-16(21)18-9-11-4-6-13(7-5-11)15(19)20/h1-3,8,11,13H,4-7,9-10H2,(H,18,21)(H,19,20)/t11-,13-. The number of aliphatic carboxylic acids is 1. The molecule has 1 aliphatic carbocycles. The fourth-order valence-electron chi connectivity index (χ4n) is 2.67. The zero-order valence-corrected chi connectivity index (χ0v) is 13.0. The van der Waals surface area contributed by atoms with E-state index in [1.807, 2.05) is 6.07 Å². The molecule has 1 aromatic rings. The first-order valence-electron chi connectivity index (χ1n) is 7.42. The van der Waals surface area contributed by atoms with Crippen LogP contribution in [0.4, 0.5) is 4.79 Å². The lowest BCUT2D eigenvalue weighted by molar-refractivity contribution is -0.143. The van der Waals surface area contributed by atoms with Gasteiger partial charge in [-0.25, -0.2) is 4.79 Å². The third kappa shape index (κ3) is 5.22. The Balaban J connectivity index is 1.65. The van der Waals surface area contributed by atoms with Crippen LogP contribution in [0.5, 0.6) is 0 Å². The number of hydrogen-bond donors (Lipinski definition) is 2. The van der Waals surface area contributed by atoms with E-state index in [2.05, 4.69) is 5.32 Å².